The first-order chi connectivity index (χ1) is 10.8. The largest absolute Gasteiger partial charge is 0.338 e. The molecule has 1 aromatic rings. The summed E-state index contributed by atoms with van der Waals surface area (Å²) in [5.41, 5.74) is 0.639. The number of aromatic nitrogens is 2. The van der Waals surface area contributed by atoms with Crippen LogP contribution in [-0.2, 0) is 17.1 Å². The summed E-state index contributed by atoms with van der Waals surface area (Å²) in [7, 11) is -1.27. The highest BCUT2D eigenvalue weighted by Gasteiger charge is 2.35. The van der Waals surface area contributed by atoms with Crippen LogP contribution in [0.25, 0.3) is 0 Å². The van der Waals surface area contributed by atoms with E-state index in [0.29, 0.717) is 30.5 Å². The van der Waals surface area contributed by atoms with Crippen LogP contribution in [0.5, 0.6) is 0 Å². The SMILES string of the molecule is Cn1cc(C(=O)N2CCC(C3CCN(S(C)(=O)=O)CC3)C2)cn1. The van der Waals surface area contributed by atoms with E-state index in [4.69, 9.17) is 0 Å². The van der Waals surface area contributed by atoms with Crippen molar-refractivity contribution in [2.75, 3.05) is 32.4 Å². The summed E-state index contributed by atoms with van der Waals surface area (Å²) in [6.07, 6.45) is 7.44. The molecule has 1 amide bonds. The third-order valence-corrected chi connectivity index (χ3v) is 6.40. The average Bonchev–Trinajstić information content (AvgIpc) is 3.15. The third-order valence-electron chi connectivity index (χ3n) is 5.10. The van der Waals surface area contributed by atoms with Crippen LogP contribution < -0.4 is 0 Å². The van der Waals surface area contributed by atoms with Gasteiger partial charge in [0.05, 0.1) is 18.0 Å². The molecule has 1 unspecified atom stereocenters. The van der Waals surface area contributed by atoms with Gasteiger partial charge in [-0.05, 0) is 31.1 Å². The lowest BCUT2D eigenvalue weighted by Crippen LogP contribution is -2.40. The molecule has 1 aromatic heterocycles. The molecule has 2 aliphatic heterocycles. The molecule has 7 nitrogen and oxygen atoms in total. The maximum absolute atomic E-state index is 12.5. The van der Waals surface area contributed by atoms with Crippen molar-refractivity contribution in [2.24, 2.45) is 18.9 Å². The van der Waals surface area contributed by atoms with E-state index >= 15 is 0 Å². The van der Waals surface area contributed by atoms with Crippen molar-refractivity contribution in [2.45, 2.75) is 19.3 Å². The maximum atomic E-state index is 12.5. The van der Waals surface area contributed by atoms with E-state index in [0.717, 1.165) is 32.4 Å². The molecule has 2 fully saturated rings. The highest BCUT2D eigenvalue weighted by Crippen LogP contribution is 2.32. The Bertz CT molecular complexity index is 677. The highest BCUT2D eigenvalue weighted by molar-refractivity contribution is 7.88. The van der Waals surface area contributed by atoms with Crippen LogP contribution in [0.3, 0.4) is 0 Å². The smallest absolute Gasteiger partial charge is 0.257 e. The van der Waals surface area contributed by atoms with E-state index in [9.17, 15) is 13.2 Å². The number of sulfonamides is 1. The summed E-state index contributed by atoms with van der Waals surface area (Å²) in [5.74, 6) is 1.05. The maximum Gasteiger partial charge on any atom is 0.257 e. The van der Waals surface area contributed by atoms with Crippen molar-refractivity contribution < 1.29 is 13.2 Å². The van der Waals surface area contributed by atoms with Gasteiger partial charge in [0.2, 0.25) is 10.0 Å². The zero-order valence-corrected chi connectivity index (χ0v) is 14.5. The zero-order valence-electron chi connectivity index (χ0n) is 13.7. The number of amides is 1. The van der Waals surface area contributed by atoms with Gasteiger partial charge >= 0.3 is 0 Å². The minimum Gasteiger partial charge on any atom is -0.338 e. The van der Waals surface area contributed by atoms with E-state index in [1.165, 1.54) is 6.26 Å². The van der Waals surface area contributed by atoms with Crippen molar-refractivity contribution >= 4 is 15.9 Å². The Labute approximate surface area is 137 Å². The van der Waals surface area contributed by atoms with Gasteiger partial charge in [0.25, 0.3) is 5.91 Å². The Kier molecular flexibility index (Phi) is 4.46. The monoisotopic (exact) mass is 340 g/mol. The zero-order chi connectivity index (χ0) is 16.6. The first kappa shape index (κ1) is 16.4. The van der Waals surface area contributed by atoms with Gasteiger partial charge < -0.3 is 4.90 Å². The molecule has 23 heavy (non-hydrogen) atoms. The van der Waals surface area contributed by atoms with Crippen LogP contribution in [0.4, 0.5) is 0 Å². The van der Waals surface area contributed by atoms with E-state index < -0.39 is 10.0 Å². The fraction of sp³-hybridized carbons (Fsp3) is 0.733. The number of rotatable bonds is 3. The van der Waals surface area contributed by atoms with Crippen LogP contribution in [-0.4, -0.2) is 65.7 Å². The van der Waals surface area contributed by atoms with Gasteiger partial charge in [-0.15, -0.1) is 0 Å². The van der Waals surface area contributed by atoms with E-state index in [2.05, 4.69) is 5.10 Å². The summed E-state index contributed by atoms with van der Waals surface area (Å²) < 4.78 is 26.4. The second-order valence-electron chi connectivity index (χ2n) is 6.70. The van der Waals surface area contributed by atoms with Gasteiger partial charge in [-0.25, -0.2) is 12.7 Å². The first-order valence-corrected chi connectivity index (χ1v) is 9.92. The molecule has 0 N–H and O–H groups in total. The molecular weight excluding hydrogens is 316 g/mol. The lowest BCUT2D eigenvalue weighted by Gasteiger charge is -2.33. The lowest BCUT2D eigenvalue weighted by atomic mass is 9.84. The van der Waals surface area contributed by atoms with Crippen molar-refractivity contribution in [3.05, 3.63) is 18.0 Å². The summed E-state index contributed by atoms with van der Waals surface area (Å²) in [6, 6.07) is 0. The van der Waals surface area contributed by atoms with Crippen molar-refractivity contribution in [1.82, 2.24) is 19.0 Å². The Morgan fingerprint density at radius 1 is 1.17 bits per heavy atom. The predicted molar refractivity (Wildman–Crippen MR) is 86.4 cm³/mol. The third kappa shape index (κ3) is 3.58. The number of nitrogens with zero attached hydrogens (tertiary/aromatic N) is 4. The number of aryl methyl sites for hydroxylation is 1. The van der Waals surface area contributed by atoms with Crippen molar-refractivity contribution in [3.8, 4) is 0 Å². The summed E-state index contributed by atoms with van der Waals surface area (Å²) in [5, 5.41) is 4.06. The standard InChI is InChI=1S/C15H24N4O3S/c1-17-10-14(9-16-17)15(20)18-6-3-13(11-18)12-4-7-19(8-5-12)23(2,21)22/h9-10,12-13H,3-8,11H2,1-2H3. The molecule has 3 rings (SSSR count). The fourth-order valence-corrected chi connectivity index (χ4v) is 4.62. The Morgan fingerprint density at radius 3 is 2.39 bits per heavy atom. The van der Waals surface area contributed by atoms with Crippen LogP contribution in [0, 0.1) is 11.8 Å². The molecule has 0 radical (unpaired) electrons. The number of likely N-dealkylation sites (tertiary alicyclic amines) is 1. The van der Waals surface area contributed by atoms with Gasteiger partial charge in [0.15, 0.2) is 0 Å². The molecule has 2 saturated heterocycles. The predicted octanol–water partition coefficient (Wildman–Crippen LogP) is 0.554. The molecule has 0 spiro atoms. The molecule has 0 saturated carbocycles. The molecule has 128 valence electrons. The van der Waals surface area contributed by atoms with Crippen LogP contribution in [0.15, 0.2) is 12.4 Å². The second-order valence-corrected chi connectivity index (χ2v) is 8.68. The topological polar surface area (TPSA) is 75.5 Å². The molecule has 3 heterocycles. The van der Waals surface area contributed by atoms with Gasteiger partial charge in [0, 0.05) is 39.4 Å². The lowest BCUT2D eigenvalue weighted by molar-refractivity contribution is 0.0778. The number of hydrogen-bond donors (Lipinski definition) is 0. The van der Waals surface area contributed by atoms with Crippen LogP contribution in [0.2, 0.25) is 0 Å². The molecule has 8 heteroatoms. The molecule has 1 atom stereocenters. The Hall–Kier alpha value is -1.41. The van der Waals surface area contributed by atoms with Crippen molar-refractivity contribution in [1.29, 1.82) is 0 Å². The van der Waals surface area contributed by atoms with Crippen LogP contribution >= 0.6 is 0 Å². The van der Waals surface area contributed by atoms with Gasteiger partial charge in [0.1, 0.15) is 0 Å². The molecule has 2 aliphatic rings. The number of piperidine rings is 1. The number of carbonyl (C=O) groups excluding carboxylic acids is 1. The average molecular weight is 340 g/mol. The van der Waals surface area contributed by atoms with Crippen LogP contribution in [0.1, 0.15) is 29.6 Å². The molecular formula is C15H24N4O3S. The minimum absolute atomic E-state index is 0.0502. The minimum atomic E-state index is -3.07. The number of hydrogen-bond acceptors (Lipinski definition) is 4. The summed E-state index contributed by atoms with van der Waals surface area (Å²) in [4.78, 5) is 14.4. The Balaban J connectivity index is 1.55. The van der Waals surface area contributed by atoms with Gasteiger partial charge in [-0.3, -0.25) is 9.48 Å². The molecule has 0 aliphatic carbocycles. The molecule has 0 bridgehead atoms. The molecule has 0 aromatic carbocycles. The Morgan fingerprint density at radius 2 is 1.83 bits per heavy atom. The summed E-state index contributed by atoms with van der Waals surface area (Å²) in [6.45, 7) is 2.77. The second kappa shape index (κ2) is 6.24. The summed E-state index contributed by atoms with van der Waals surface area (Å²) >= 11 is 0. The normalized spacial score (nSPS) is 24.3. The van der Waals surface area contributed by atoms with E-state index in [1.807, 2.05) is 4.90 Å². The quantitative estimate of drug-likeness (QED) is 0.805. The highest BCUT2D eigenvalue weighted by atomic mass is 32.2. The van der Waals surface area contributed by atoms with Gasteiger partial charge in [-0.1, -0.05) is 0 Å². The van der Waals surface area contributed by atoms with E-state index in [-0.39, 0.29) is 5.91 Å². The first-order valence-electron chi connectivity index (χ1n) is 8.07. The van der Waals surface area contributed by atoms with Gasteiger partial charge in [-0.2, -0.15) is 5.10 Å². The fourth-order valence-electron chi connectivity index (χ4n) is 3.75. The number of carbonyl (C=O) groups is 1. The van der Waals surface area contributed by atoms with E-state index in [1.54, 1.807) is 28.4 Å². The van der Waals surface area contributed by atoms with Crippen molar-refractivity contribution in [3.63, 3.8) is 0 Å².